The first-order valence-electron chi connectivity index (χ1n) is 4.17. The second-order valence-corrected chi connectivity index (χ2v) is 2.98. The van der Waals surface area contributed by atoms with Crippen LogP contribution in [-0.2, 0) is 6.42 Å². The average molecular weight is 158 g/mol. The second-order valence-electron chi connectivity index (χ2n) is 2.98. The van der Waals surface area contributed by atoms with E-state index in [2.05, 4.69) is 12.3 Å². The fraction of sp³-hybridized carbons (Fsp3) is 0.300. The summed E-state index contributed by atoms with van der Waals surface area (Å²) in [5.41, 5.74) is 2.39. The number of fused-ring (bicyclic) bond motifs is 1. The molecule has 1 aromatic carbocycles. The smallest absolute Gasteiger partial charge is 0.184 e. The summed E-state index contributed by atoms with van der Waals surface area (Å²) in [4.78, 5) is 1.76. The molecule has 1 aliphatic rings. The molecule has 2 rings (SSSR count). The molecule has 1 heterocycles. The monoisotopic (exact) mass is 158 g/mol. The van der Waals surface area contributed by atoms with Crippen LogP contribution in [0.25, 0.3) is 0 Å². The normalized spacial score (nSPS) is 15.1. The van der Waals surface area contributed by atoms with E-state index in [4.69, 9.17) is 5.26 Å². The number of hydrogen-bond donors (Lipinski definition) is 0. The molecular formula is C10H10N2. The van der Waals surface area contributed by atoms with Gasteiger partial charge in [0.05, 0.1) is 5.69 Å². The molecule has 0 aromatic heterocycles. The van der Waals surface area contributed by atoms with Crippen molar-refractivity contribution in [2.45, 2.75) is 12.8 Å². The topological polar surface area (TPSA) is 27.0 Å². The molecule has 0 atom stereocenters. The minimum absolute atomic E-state index is 0.869. The van der Waals surface area contributed by atoms with Gasteiger partial charge in [-0.25, -0.2) is 0 Å². The Kier molecular flexibility index (Phi) is 1.71. The van der Waals surface area contributed by atoms with Crippen molar-refractivity contribution in [2.75, 3.05) is 11.4 Å². The van der Waals surface area contributed by atoms with Crippen molar-refractivity contribution in [3.05, 3.63) is 29.8 Å². The van der Waals surface area contributed by atoms with Crippen LogP contribution in [0.3, 0.4) is 0 Å². The predicted octanol–water partition coefficient (Wildman–Crippen LogP) is 1.92. The number of nitriles is 1. The van der Waals surface area contributed by atoms with Gasteiger partial charge in [-0.05, 0) is 24.5 Å². The van der Waals surface area contributed by atoms with E-state index in [1.54, 1.807) is 4.90 Å². The lowest BCUT2D eigenvalue weighted by molar-refractivity contribution is 0.768. The van der Waals surface area contributed by atoms with E-state index >= 15 is 0 Å². The quantitative estimate of drug-likeness (QED) is 0.539. The van der Waals surface area contributed by atoms with Crippen LogP contribution in [0.1, 0.15) is 12.0 Å². The van der Waals surface area contributed by atoms with Crippen molar-refractivity contribution < 1.29 is 0 Å². The van der Waals surface area contributed by atoms with E-state index in [0.717, 1.165) is 25.1 Å². The van der Waals surface area contributed by atoms with Crippen LogP contribution in [0.15, 0.2) is 24.3 Å². The van der Waals surface area contributed by atoms with Crippen LogP contribution in [0.4, 0.5) is 5.69 Å². The largest absolute Gasteiger partial charge is 0.279 e. The third-order valence-corrected chi connectivity index (χ3v) is 2.23. The second kappa shape index (κ2) is 2.86. The number of aryl methyl sites for hydroxylation is 1. The maximum atomic E-state index is 8.81. The highest BCUT2D eigenvalue weighted by atomic mass is 15.1. The van der Waals surface area contributed by atoms with E-state index in [-0.39, 0.29) is 0 Å². The lowest BCUT2D eigenvalue weighted by Crippen LogP contribution is -2.23. The molecule has 0 aliphatic carbocycles. The maximum absolute atomic E-state index is 8.81. The zero-order chi connectivity index (χ0) is 8.39. The van der Waals surface area contributed by atoms with E-state index in [0.29, 0.717) is 0 Å². The van der Waals surface area contributed by atoms with Crippen LogP contribution < -0.4 is 4.90 Å². The van der Waals surface area contributed by atoms with Gasteiger partial charge in [0, 0.05) is 6.54 Å². The lowest BCUT2D eigenvalue weighted by Gasteiger charge is -2.23. The summed E-state index contributed by atoms with van der Waals surface area (Å²) < 4.78 is 0. The highest BCUT2D eigenvalue weighted by molar-refractivity contribution is 5.58. The van der Waals surface area contributed by atoms with Crippen molar-refractivity contribution in [3.8, 4) is 6.19 Å². The minimum Gasteiger partial charge on any atom is -0.279 e. The van der Waals surface area contributed by atoms with Crippen LogP contribution in [0.5, 0.6) is 0 Å². The van der Waals surface area contributed by atoms with Crippen molar-refractivity contribution >= 4 is 5.69 Å². The molecule has 1 aliphatic heterocycles. The number of hydrogen-bond acceptors (Lipinski definition) is 2. The van der Waals surface area contributed by atoms with E-state index in [9.17, 15) is 0 Å². The fourth-order valence-corrected chi connectivity index (χ4v) is 1.64. The summed E-state index contributed by atoms with van der Waals surface area (Å²) in [5.74, 6) is 0. The van der Waals surface area contributed by atoms with Crippen LogP contribution in [0.2, 0.25) is 0 Å². The fourth-order valence-electron chi connectivity index (χ4n) is 1.64. The number of benzene rings is 1. The Labute approximate surface area is 72.0 Å². The molecule has 0 N–H and O–H groups in total. The van der Waals surface area contributed by atoms with Crippen molar-refractivity contribution in [1.82, 2.24) is 0 Å². The molecule has 0 spiro atoms. The summed E-state index contributed by atoms with van der Waals surface area (Å²) in [6.07, 6.45) is 4.39. The molecule has 60 valence electrons. The maximum Gasteiger partial charge on any atom is 0.184 e. The number of anilines is 1. The first-order valence-corrected chi connectivity index (χ1v) is 4.17. The highest BCUT2D eigenvalue weighted by Crippen LogP contribution is 2.25. The molecule has 1 aromatic rings. The van der Waals surface area contributed by atoms with Gasteiger partial charge in [0.2, 0.25) is 0 Å². The molecule has 0 unspecified atom stereocenters. The molecule has 0 saturated heterocycles. The highest BCUT2D eigenvalue weighted by Gasteiger charge is 2.14. The van der Waals surface area contributed by atoms with Gasteiger partial charge in [0.25, 0.3) is 0 Å². The van der Waals surface area contributed by atoms with Gasteiger partial charge >= 0.3 is 0 Å². The lowest BCUT2D eigenvalue weighted by atomic mass is 10.0. The first-order chi connectivity index (χ1) is 5.92. The standard InChI is InChI=1S/C10H10N2/c11-8-12-7-3-5-9-4-1-2-6-10(9)12/h1-2,4,6H,3,5,7H2. The molecule has 0 radical (unpaired) electrons. The Morgan fingerprint density at radius 2 is 2.17 bits per heavy atom. The molecule has 0 fully saturated rings. The number of nitrogens with zero attached hydrogens (tertiary/aromatic N) is 2. The third kappa shape index (κ3) is 1.04. The Bertz CT molecular complexity index is 325. The molecule has 12 heavy (non-hydrogen) atoms. The van der Waals surface area contributed by atoms with Gasteiger partial charge in [-0.15, -0.1) is 0 Å². The van der Waals surface area contributed by atoms with Crippen LogP contribution >= 0.6 is 0 Å². The average Bonchev–Trinajstić information content (AvgIpc) is 2.17. The molecule has 2 heteroatoms. The van der Waals surface area contributed by atoms with Gasteiger partial charge in [-0.3, -0.25) is 4.90 Å². The van der Waals surface area contributed by atoms with E-state index in [1.807, 2.05) is 18.2 Å². The molecule has 2 nitrogen and oxygen atoms in total. The van der Waals surface area contributed by atoms with Gasteiger partial charge < -0.3 is 0 Å². The molecular weight excluding hydrogens is 148 g/mol. The molecule has 0 amide bonds. The Morgan fingerprint density at radius 1 is 1.33 bits per heavy atom. The zero-order valence-corrected chi connectivity index (χ0v) is 6.83. The summed E-state index contributed by atoms with van der Waals surface area (Å²) in [5, 5.41) is 8.81. The van der Waals surface area contributed by atoms with Gasteiger partial charge in [0.1, 0.15) is 0 Å². The minimum atomic E-state index is 0.869. The zero-order valence-electron chi connectivity index (χ0n) is 6.83. The molecule has 0 bridgehead atoms. The molecule has 0 saturated carbocycles. The first kappa shape index (κ1) is 7.17. The van der Waals surface area contributed by atoms with E-state index in [1.165, 1.54) is 5.56 Å². The summed E-state index contributed by atoms with van der Waals surface area (Å²) in [6, 6.07) is 8.12. The van der Waals surface area contributed by atoms with Gasteiger partial charge in [0.15, 0.2) is 6.19 Å². The number of para-hydroxylation sites is 1. The van der Waals surface area contributed by atoms with Crippen LogP contribution in [-0.4, -0.2) is 6.54 Å². The van der Waals surface area contributed by atoms with Crippen LogP contribution in [0, 0.1) is 11.5 Å². The summed E-state index contributed by atoms with van der Waals surface area (Å²) >= 11 is 0. The number of rotatable bonds is 0. The Balaban J connectivity index is 2.45. The Hall–Kier alpha value is -1.49. The summed E-state index contributed by atoms with van der Waals surface area (Å²) in [6.45, 7) is 0.869. The summed E-state index contributed by atoms with van der Waals surface area (Å²) in [7, 11) is 0. The van der Waals surface area contributed by atoms with Gasteiger partial charge in [-0.1, -0.05) is 18.2 Å². The van der Waals surface area contributed by atoms with Crippen molar-refractivity contribution in [2.24, 2.45) is 0 Å². The van der Waals surface area contributed by atoms with Crippen molar-refractivity contribution in [1.29, 1.82) is 5.26 Å². The van der Waals surface area contributed by atoms with E-state index < -0.39 is 0 Å². The third-order valence-electron chi connectivity index (χ3n) is 2.23. The SMILES string of the molecule is N#CN1CCCc2ccccc21. The predicted molar refractivity (Wildman–Crippen MR) is 47.7 cm³/mol. The Morgan fingerprint density at radius 3 is 3.00 bits per heavy atom. The van der Waals surface area contributed by atoms with Gasteiger partial charge in [-0.2, -0.15) is 5.26 Å². The van der Waals surface area contributed by atoms with Crippen molar-refractivity contribution in [3.63, 3.8) is 0 Å².